The van der Waals surface area contributed by atoms with Crippen LogP contribution < -0.4 is 0 Å². The van der Waals surface area contributed by atoms with Crippen molar-refractivity contribution < 1.29 is 9.53 Å². The SMILES string of the molecule is C=C(c1ccccc1)c1cc(C)ccc1CCCC(=O)OCC. The third-order valence-corrected chi connectivity index (χ3v) is 3.85. The van der Waals surface area contributed by atoms with E-state index in [0.29, 0.717) is 13.0 Å². The summed E-state index contributed by atoms with van der Waals surface area (Å²) in [5.74, 6) is -0.122. The maximum atomic E-state index is 11.5. The van der Waals surface area contributed by atoms with Crippen molar-refractivity contribution in [3.63, 3.8) is 0 Å². The minimum atomic E-state index is -0.122. The molecule has 0 unspecified atom stereocenters. The first kappa shape index (κ1) is 17.0. The minimum absolute atomic E-state index is 0.122. The van der Waals surface area contributed by atoms with Crippen LogP contribution in [-0.4, -0.2) is 12.6 Å². The lowest BCUT2D eigenvalue weighted by Gasteiger charge is -2.13. The van der Waals surface area contributed by atoms with Gasteiger partial charge in [-0.2, -0.15) is 0 Å². The van der Waals surface area contributed by atoms with E-state index < -0.39 is 0 Å². The first-order valence-electron chi connectivity index (χ1n) is 8.11. The average molecular weight is 308 g/mol. The molecule has 0 saturated heterocycles. The molecule has 2 nitrogen and oxygen atoms in total. The van der Waals surface area contributed by atoms with Gasteiger partial charge in [-0.1, -0.05) is 60.7 Å². The van der Waals surface area contributed by atoms with E-state index in [0.717, 1.165) is 24.0 Å². The van der Waals surface area contributed by atoms with E-state index in [9.17, 15) is 4.79 Å². The van der Waals surface area contributed by atoms with E-state index in [4.69, 9.17) is 4.74 Å². The van der Waals surface area contributed by atoms with Gasteiger partial charge in [-0.05, 0) is 49.0 Å². The fourth-order valence-corrected chi connectivity index (χ4v) is 2.64. The van der Waals surface area contributed by atoms with Gasteiger partial charge < -0.3 is 4.74 Å². The molecular weight excluding hydrogens is 284 g/mol. The summed E-state index contributed by atoms with van der Waals surface area (Å²) in [6, 6.07) is 16.6. The number of rotatable bonds is 7. The molecule has 0 amide bonds. The van der Waals surface area contributed by atoms with E-state index >= 15 is 0 Å². The van der Waals surface area contributed by atoms with Crippen LogP contribution in [0.2, 0.25) is 0 Å². The second-order valence-corrected chi connectivity index (χ2v) is 5.66. The summed E-state index contributed by atoms with van der Waals surface area (Å²) in [4.78, 5) is 11.5. The van der Waals surface area contributed by atoms with Crippen LogP contribution in [-0.2, 0) is 16.0 Å². The van der Waals surface area contributed by atoms with Crippen LogP contribution in [0.25, 0.3) is 5.57 Å². The lowest BCUT2D eigenvalue weighted by Crippen LogP contribution is -2.04. The van der Waals surface area contributed by atoms with Crippen molar-refractivity contribution >= 4 is 11.5 Å². The van der Waals surface area contributed by atoms with Gasteiger partial charge in [0.2, 0.25) is 0 Å². The Bertz CT molecular complexity index is 671. The summed E-state index contributed by atoms with van der Waals surface area (Å²) in [5, 5.41) is 0. The third kappa shape index (κ3) is 4.82. The Morgan fingerprint density at radius 2 is 1.87 bits per heavy atom. The van der Waals surface area contributed by atoms with E-state index in [-0.39, 0.29) is 5.97 Å². The molecule has 0 radical (unpaired) electrons. The van der Waals surface area contributed by atoms with Gasteiger partial charge in [-0.25, -0.2) is 0 Å². The first-order valence-corrected chi connectivity index (χ1v) is 8.11. The molecule has 0 bridgehead atoms. The molecule has 2 aromatic carbocycles. The predicted octanol–water partition coefficient (Wildman–Crippen LogP) is 4.94. The molecule has 0 heterocycles. The second-order valence-electron chi connectivity index (χ2n) is 5.66. The monoisotopic (exact) mass is 308 g/mol. The van der Waals surface area contributed by atoms with E-state index in [1.54, 1.807) is 0 Å². The highest BCUT2D eigenvalue weighted by atomic mass is 16.5. The molecule has 0 aromatic heterocycles. The Morgan fingerprint density at radius 1 is 1.13 bits per heavy atom. The number of esters is 1. The van der Waals surface area contributed by atoms with Crippen molar-refractivity contribution in [2.75, 3.05) is 6.61 Å². The van der Waals surface area contributed by atoms with Crippen molar-refractivity contribution in [3.05, 3.63) is 77.4 Å². The lowest BCUT2D eigenvalue weighted by atomic mass is 9.91. The van der Waals surface area contributed by atoms with Gasteiger partial charge in [0, 0.05) is 6.42 Å². The molecule has 23 heavy (non-hydrogen) atoms. The zero-order valence-corrected chi connectivity index (χ0v) is 14.0. The van der Waals surface area contributed by atoms with E-state index in [2.05, 4.69) is 43.8 Å². The van der Waals surface area contributed by atoms with Gasteiger partial charge >= 0.3 is 5.97 Å². The minimum Gasteiger partial charge on any atom is -0.466 e. The molecule has 0 saturated carbocycles. The zero-order chi connectivity index (χ0) is 16.7. The van der Waals surface area contributed by atoms with Crippen LogP contribution in [0.4, 0.5) is 0 Å². The maximum Gasteiger partial charge on any atom is 0.305 e. The summed E-state index contributed by atoms with van der Waals surface area (Å²) in [6.45, 7) is 8.64. The largest absolute Gasteiger partial charge is 0.466 e. The number of hydrogen-bond donors (Lipinski definition) is 0. The van der Waals surface area contributed by atoms with Crippen LogP contribution in [0.3, 0.4) is 0 Å². The van der Waals surface area contributed by atoms with Gasteiger partial charge in [-0.15, -0.1) is 0 Å². The number of benzene rings is 2. The van der Waals surface area contributed by atoms with Crippen molar-refractivity contribution in [1.29, 1.82) is 0 Å². The standard InChI is InChI=1S/C21H24O2/c1-4-23-21(22)12-8-11-19-14-13-16(2)15-20(19)17(3)18-9-6-5-7-10-18/h5-7,9-10,13-15H,3-4,8,11-12H2,1-2H3. The van der Waals surface area contributed by atoms with Gasteiger partial charge in [0.05, 0.1) is 6.61 Å². The molecule has 0 atom stereocenters. The fraction of sp³-hybridized carbons (Fsp3) is 0.286. The van der Waals surface area contributed by atoms with Crippen molar-refractivity contribution in [2.45, 2.75) is 33.1 Å². The molecule has 0 N–H and O–H groups in total. The predicted molar refractivity (Wildman–Crippen MR) is 95.3 cm³/mol. The molecule has 0 fully saturated rings. The van der Waals surface area contributed by atoms with E-state index in [1.807, 2.05) is 25.1 Å². The zero-order valence-electron chi connectivity index (χ0n) is 14.0. The highest BCUT2D eigenvalue weighted by molar-refractivity contribution is 5.80. The molecule has 2 heteroatoms. The van der Waals surface area contributed by atoms with E-state index in [1.165, 1.54) is 16.7 Å². The summed E-state index contributed by atoms with van der Waals surface area (Å²) in [6.07, 6.45) is 2.09. The highest BCUT2D eigenvalue weighted by Crippen LogP contribution is 2.26. The Kier molecular flexibility index (Phi) is 6.16. The van der Waals surface area contributed by atoms with Gasteiger partial charge in [-0.3, -0.25) is 4.79 Å². The molecular formula is C21H24O2. The van der Waals surface area contributed by atoms with Crippen LogP contribution in [0, 0.1) is 6.92 Å². The van der Waals surface area contributed by atoms with Crippen LogP contribution in [0.1, 0.15) is 42.0 Å². The highest BCUT2D eigenvalue weighted by Gasteiger charge is 2.10. The Hall–Kier alpha value is -2.35. The van der Waals surface area contributed by atoms with Gasteiger partial charge in [0.15, 0.2) is 0 Å². The Balaban J connectivity index is 2.14. The summed E-state index contributed by atoms with van der Waals surface area (Å²) < 4.78 is 4.99. The molecule has 0 aliphatic carbocycles. The van der Waals surface area contributed by atoms with Crippen molar-refractivity contribution in [3.8, 4) is 0 Å². The lowest BCUT2D eigenvalue weighted by molar-refractivity contribution is -0.143. The Labute approximate surface area is 138 Å². The summed E-state index contributed by atoms with van der Waals surface area (Å²) >= 11 is 0. The van der Waals surface area contributed by atoms with Gasteiger partial charge in [0.25, 0.3) is 0 Å². The number of carbonyl (C=O) groups is 1. The molecule has 0 spiro atoms. The quantitative estimate of drug-likeness (QED) is 0.677. The molecule has 0 aliphatic rings. The van der Waals surface area contributed by atoms with Crippen LogP contribution in [0.5, 0.6) is 0 Å². The van der Waals surface area contributed by atoms with Crippen molar-refractivity contribution in [2.24, 2.45) is 0 Å². The normalized spacial score (nSPS) is 10.3. The summed E-state index contributed by atoms with van der Waals surface area (Å²) in [5.41, 5.74) is 5.77. The molecule has 120 valence electrons. The number of hydrogen-bond acceptors (Lipinski definition) is 2. The molecule has 2 rings (SSSR count). The Morgan fingerprint density at radius 3 is 2.57 bits per heavy atom. The number of aryl methyl sites for hydroxylation is 2. The molecule has 2 aromatic rings. The number of carbonyl (C=O) groups excluding carboxylic acids is 1. The summed E-state index contributed by atoms with van der Waals surface area (Å²) in [7, 11) is 0. The molecule has 0 aliphatic heterocycles. The first-order chi connectivity index (χ1) is 11.1. The third-order valence-electron chi connectivity index (χ3n) is 3.85. The van der Waals surface area contributed by atoms with Crippen LogP contribution in [0.15, 0.2) is 55.1 Å². The van der Waals surface area contributed by atoms with Crippen molar-refractivity contribution in [1.82, 2.24) is 0 Å². The van der Waals surface area contributed by atoms with Crippen LogP contribution >= 0.6 is 0 Å². The number of ether oxygens (including phenoxy) is 1. The second kappa shape index (κ2) is 8.33. The average Bonchev–Trinajstić information content (AvgIpc) is 2.56. The fourth-order valence-electron chi connectivity index (χ4n) is 2.64. The maximum absolute atomic E-state index is 11.5. The topological polar surface area (TPSA) is 26.3 Å². The smallest absolute Gasteiger partial charge is 0.305 e. The van der Waals surface area contributed by atoms with Gasteiger partial charge in [0.1, 0.15) is 0 Å².